The van der Waals surface area contributed by atoms with Crippen LogP contribution in [0.4, 0.5) is 0 Å². The molecule has 4 aliphatic carbocycles. The molecule has 1 unspecified atom stereocenters. The second-order valence-electron chi connectivity index (χ2n) is 17.4. The Balaban J connectivity index is 1.04. The van der Waals surface area contributed by atoms with Crippen molar-refractivity contribution in [2.24, 2.45) is 34.5 Å². The van der Waals surface area contributed by atoms with Crippen LogP contribution in [0.15, 0.2) is 29.8 Å². The number of ether oxygens (including phenoxy) is 6. The van der Waals surface area contributed by atoms with Gasteiger partial charge < -0.3 is 64.2 Å². The van der Waals surface area contributed by atoms with Crippen LogP contribution in [0.3, 0.4) is 0 Å². The molecule has 55 heavy (non-hydrogen) atoms. The van der Waals surface area contributed by atoms with Crippen molar-refractivity contribution in [3.63, 3.8) is 0 Å². The Morgan fingerprint density at radius 1 is 0.855 bits per heavy atom. The van der Waals surface area contributed by atoms with E-state index in [1.165, 1.54) is 5.57 Å². The van der Waals surface area contributed by atoms with E-state index in [1.807, 2.05) is 18.2 Å². The Morgan fingerprint density at radius 3 is 2.22 bits per heavy atom. The molecule has 1 aromatic rings. The standard InChI is InChI=1S/C41H60O14/c1-19(43)31-25(24-15-21(50-4)7-9-28(24)51-5)16-27-23-8-6-20-14-22(10-12-40(20,2)26(23)11-13-41(27,31)3)53-39-37(49)35(47)33(45)30(55-39)18-52-38-36(48)34(46)32(44)29(17-42)54-38/h6-7,9,15,22-23,25-27,29-39,42,44-49H,8,10-14,16-18H2,1-5H3/t22-,23+,25?,26-,27-,29+,30+,31-,32+,33+,34-,35-,36+,37+,38-,39+,40-,41-/m0/s1. The minimum absolute atomic E-state index is 0.0286. The number of benzene rings is 1. The molecular weight excluding hydrogens is 716 g/mol. The lowest BCUT2D eigenvalue weighted by atomic mass is 9.47. The molecule has 1 aromatic carbocycles. The Morgan fingerprint density at radius 2 is 1.55 bits per heavy atom. The molecular formula is C41H60O14. The van der Waals surface area contributed by atoms with Gasteiger partial charge in [0.05, 0.1) is 33.5 Å². The largest absolute Gasteiger partial charge is 0.497 e. The van der Waals surface area contributed by atoms with Gasteiger partial charge in [-0.1, -0.05) is 25.5 Å². The fraction of sp³-hybridized carbons (Fsp3) is 0.780. The summed E-state index contributed by atoms with van der Waals surface area (Å²) in [5.41, 5.74) is 2.15. The average molecular weight is 777 g/mol. The van der Waals surface area contributed by atoms with E-state index >= 15 is 0 Å². The van der Waals surface area contributed by atoms with Gasteiger partial charge in [-0.15, -0.1) is 0 Å². The number of carbonyl (C=O) groups is 1. The Hall–Kier alpha value is -2.21. The number of hydrogen-bond donors (Lipinski definition) is 7. The zero-order valence-corrected chi connectivity index (χ0v) is 32.4. The number of ketones is 1. The summed E-state index contributed by atoms with van der Waals surface area (Å²) < 4.78 is 34.7. The number of methoxy groups -OCH3 is 2. The fourth-order valence-electron chi connectivity index (χ4n) is 11.7. The molecule has 7 rings (SSSR count). The highest BCUT2D eigenvalue weighted by Crippen LogP contribution is 2.69. The first-order valence-corrected chi connectivity index (χ1v) is 19.9. The molecule has 7 N–H and O–H groups in total. The van der Waals surface area contributed by atoms with Gasteiger partial charge in [-0.25, -0.2) is 0 Å². The summed E-state index contributed by atoms with van der Waals surface area (Å²) in [6, 6.07) is 5.88. The molecule has 2 saturated heterocycles. The third-order valence-electron chi connectivity index (χ3n) is 14.7. The molecule has 0 amide bonds. The van der Waals surface area contributed by atoms with E-state index in [9.17, 15) is 40.5 Å². The number of carbonyl (C=O) groups excluding carboxylic acids is 1. The highest BCUT2D eigenvalue weighted by molar-refractivity contribution is 5.81. The Kier molecular flexibility index (Phi) is 11.8. The zero-order chi connectivity index (χ0) is 39.6. The van der Waals surface area contributed by atoms with Gasteiger partial charge >= 0.3 is 0 Å². The van der Waals surface area contributed by atoms with Crippen molar-refractivity contribution >= 4 is 5.78 Å². The maximum Gasteiger partial charge on any atom is 0.186 e. The van der Waals surface area contributed by atoms with E-state index < -0.39 is 74.6 Å². The molecule has 0 spiro atoms. The number of aliphatic hydroxyl groups excluding tert-OH is 7. The van der Waals surface area contributed by atoms with Crippen LogP contribution in [-0.2, 0) is 23.7 Å². The first kappa shape index (κ1) is 41.0. The first-order chi connectivity index (χ1) is 26.2. The highest BCUT2D eigenvalue weighted by atomic mass is 16.7. The molecule has 2 heterocycles. The van der Waals surface area contributed by atoms with Crippen molar-refractivity contribution in [1.82, 2.24) is 0 Å². The molecule has 2 aliphatic heterocycles. The lowest BCUT2D eigenvalue weighted by molar-refractivity contribution is -0.336. The maximum absolute atomic E-state index is 13.5. The predicted molar refractivity (Wildman–Crippen MR) is 195 cm³/mol. The van der Waals surface area contributed by atoms with Crippen LogP contribution in [0, 0.1) is 34.5 Å². The van der Waals surface area contributed by atoms with Crippen molar-refractivity contribution in [3.05, 3.63) is 35.4 Å². The summed E-state index contributed by atoms with van der Waals surface area (Å²) >= 11 is 0. The van der Waals surface area contributed by atoms with E-state index in [0.717, 1.165) is 49.2 Å². The summed E-state index contributed by atoms with van der Waals surface area (Å²) in [5, 5.41) is 72.5. The van der Waals surface area contributed by atoms with E-state index in [-0.39, 0.29) is 34.6 Å². The van der Waals surface area contributed by atoms with Crippen LogP contribution in [0.5, 0.6) is 11.5 Å². The third-order valence-corrected chi connectivity index (χ3v) is 14.7. The third kappa shape index (κ3) is 7.07. The number of allylic oxidation sites excluding steroid dienone is 1. The van der Waals surface area contributed by atoms with Crippen molar-refractivity contribution < 1.29 is 69.0 Å². The summed E-state index contributed by atoms with van der Waals surface area (Å²) in [6.45, 7) is 5.40. The molecule has 6 aliphatic rings. The highest BCUT2D eigenvalue weighted by Gasteiger charge is 2.63. The van der Waals surface area contributed by atoms with Crippen molar-refractivity contribution in [2.75, 3.05) is 27.4 Å². The summed E-state index contributed by atoms with van der Waals surface area (Å²) in [7, 11) is 3.33. The molecule has 0 bridgehead atoms. The number of hydrogen-bond acceptors (Lipinski definition) is 14. The minimum atomic E-state index is -1.65. The number of aliphatic hydroxyl groups is 7. The van der Waals surface area contributed by atoms with E-state index in [2.05, 4.69) is 19.9 Å². The summed E-state index contributed by atoms with van der Waals surface area (Å²) in [5.74, 6) is 2.87. The van der Waals surface area contributed by atoms with Crippen LogP contribution in [-0.4, -0.2) is 136 Å². The van der Waals surface area contributed by atoms with Gasteiger partial charge in [0.15, 0.2) is 12.6 Å². The lowest BCUT2D eigenvalue weighted by Crippen LogP contribution is -2.62. The van der Waals surface area contributed by atoms with E-state index in [4.69, 9.17) is 28.4 Å². The van der Waals surface area contributed by atoms with Crippen molar-refractivity contribution in [2.45, 2.75) is 139 Å². The van der Waals surface area contributed by atoms with Gasteiger partial charge in [0, 0.05) is 11.5 Å². The van der Waals surface area contributed by atoms with Crippen LogP contribution >= 0.6 is 0 Å². The minimum Gasteiger partial charge on any atom is -0.497 e. The number of fused-ring (bicyclic) bond motifs is 5. The summed E-state index contributed by atoms with van der Waals surface area (Å²) in [4.78, 5) is 13.5. The van der Waals surface area contributed by atoms with Gasteiger partial charge in [0.2, 0.25) is 0 Å². The number of rotatable bonds is 10. The Labute approximate surface area is 322 Å². The smallest absolute Gasteiger partial charge is 0.186 e. The molecule has 308 valence electrons. The lowest BCUT2D eigenvalue weighted by Gasteiger charge is -2.58. The molecule has 0 aromatic heterocycles. The normalized spacial score (nSPS) is 46.9. The summed E-state index contributed by atoms with van der Waals surface area (Å²) in [6.07, 6.45) is -6.68. The van der Waals surface area contributed by atoms with Gasteiger partial charge in [-0.05, 0) is 105 Å². The monoisotopic (exact) mass is 776 g/mol. The average Bonchev–Trinajstić information content (AvgIpc) is 3.50. The van der Waals surface area contributed by atoms with Gasteiger partial charge in [-0.2, -0.15) is 0 Å². The first-order valence-electron chi connectivity index (χ1n) is 19.9. The predicted octanol–water partition coefficient (Wildman–Crippen LogP) is 1.57. The molecule has 14 nitrogen and oxygen atoms in total. The van der Waals surface area contributed by atoms with Gasteiger partial charge in [-0.3, -0.25) is 4.79 Å². The fourth-order valence-corrected chi connectivity index (χ4v) is 11.7. The second kappa shape index (κ2) is 15.9. The molecule has 0 radical (unpaired) electrons. The topological polar surface area (TPSA) is 214 Å². The Bertz CT molecular complexity index is 1570. The van der Waals surface area contributed by atoms with Crippen LogP contribution in [0.25, 0.3) is 0 Å². The van der Waals surface area contributed by atoms with Gasteiger partial charge in [0.1, 0.15) is 66.1 Å². The molecule has 5 fully saturated rings. The quantitative estimate of drug-likeness (QED) is 0.168. The van der Waals surface area contributed by atoms with Crippen LogP contribution in [0.2, 0.25) is 0 Å². The zero-order valence-electron chi connectivity index (χ0n) is 32.4. The van der Waals surface area contributed by atoms with Gasteiger partial charge in [0.25, 0.3) is 0 Å². The molecule has 18 atom stereocenters. The molecule has 3 saturated carbocycles. The van der Waals surface area contributed by atoms with Crippen molar-refractivity contribution in [1.29, 1.82) is 0 Å². The SMILES string of the molecule is COc1ccc(OC)c(C2C[C@H]3[C@@H]4CC=C5C[C@@H](O[C@@H]6O[C@H](CO[C@H]7O[C@H](CO)[C@@H](O)[C@H](O)[C@H]7O)[C@@H](O)[C@H](O)[C@H]6O)CC[C@]5(C)[C@H]4CC[C@]3(C)[C@H]2C(C)=O)c1. The molecule has 14 heteroatoms. The maximum atomic E-state index is 13.5. The van der Waals surface area contributed by atoms with E-state index in [1.54, 1.807) is 21.1 Å². The second-order valence-corrected chi connectivity index (χ2v) is 17.4. The van der Waals surface area contributed by atoms with E-state index in [0.29, 0.717) is 30.6 Å². The van der Waals surface area contributed by atoms with Crippen molar-refractivity contribution in [3.8, 4) is 11.5 Å². The number of Topliss-reactive ketones (excluding diaryl/α,β-unsaturated/α-hetero) is 1. The van der Waals surface area contributed by atoms with Crippen LogP contribution < -0.4 is 9.47 Å². The van der Waals surface area contributed by atoms with Crippen LogP contribution in [0.1, 0.15) is 77.2 Å².